The maximum absolute atomic E-state index is 13.3. The second-order valence-electron chi connectivity index (χ2n) is 7.73. The topological polar surface area (TPSA) is 49.4 Å². The Labute approximate surface area is 182 Å². The number of benzene rings is 2. The van der Waals surface area contributed by atoms with Crippen molar-refractivity contribution in [3.63, 3.8) is 0 Å². The van der Waals surface area contributed by atoms with Crippen LogP contribution >= 0.6 is 11.8 Å². The number of hydrogen-bond donors (Lipinski definition) is 1. The number of amides is 2. The van der Waals surface area contributed by atoms with Gasteiger partial charge in [0.05, 0.1) is 0 Å². The number of hydrogen-bond acceptors (Lipinski definition) is 3. The smallest absolute Gasteiger partial charge is 0.242 e. The van der Waals surface area contributed by atoms with Crippen LogP contribution in [0.2, 0.25) is 0 Å². The summed E-state index contributed by atoms with van der Waals surface area (Å²) in [4.78, 5) is 28.6. The molecule has 0 spiro atoms. The van der Waals surface area contributed by atoms with Gasteiger partial charge in [0.1, 0.15) is 11.9 Å². The lowest BCUT2D eigenvalue weighted by atomic mass is 10.1. The molecule has 1 saturated carbocycles. The number of carbonyl (C=O) groups excluding carboxylic acids is 2. The lowest BCUT2D eigenvalue weighted by molar-refractivity contribution is -0.140. The van der Waals surface area contributed by atoms with Gasteiger partial charge in [0.25, 0.3) is 0 Å². The average Bonchev–Trinajstić information content (AvgIpc) is 3.26. The van der Waals surface area contributed by atoms with Crippen molar-refractivity contribution in [2.24, 2.45) is 0 Å². The molecule has 0 unspecified atom stereocenters. The van der Waals surface area contributed by atoms with E-state index >= 15 is 0 Å². The molecule has 3 rings (SSSR count). The van der Waals surface area contributed by atoms with E-state index in [2.05, 4.69) is 5.32 Å². The van der Waals surface area contributed by atoms with Crippen LogP contribution in [-0.4, -0.2) is 34.6 Å². The molecule has 2 aromatic carbocycles. The maximum atomic E-state index is 13.3. The Bertz CT molecular complexity index is 823. The van der Waals surface area contributed by atoms with Crippen molar-refractivity contribution in [2.75, 3.05) is 5.75 Å². The summed E-state index contributed by atoms with van der Waals surface area (Å²) in [6.07, 6.45) is 4.60. The quantitative estimate of drug-likeness (QED) is 0.585. The van der Waals surface area contributed by atoms with Crippen molar-refractivity contribution in [2.45, 2.75) is 62.6 Å². The van der Waals surface area contributed by atoms with Gasteiger partial charge in [-0.15, -0.1) is 11.8 Å². The van der Waals surface area contributed by atoms with Gasteiger partial charge in [-0.1, -0.05) is 43.2 Å². The lowest BCUT2D eigenvalue weighted by Crippen LogP contribution is -2.49. The molecule has 2 aromatic rings. The third kappa shape index (κ3) is 6.59. The molecule has 2 amide bonds. The van der Waals surface area contributed by atoms with Crippen LogP contribution in [-0.2, 0) is 16.1 Å². The number of carbonyl (C=O) groups is 2. The van der Waals surface area contributed by atoms with Crippen molar-refractivity contribution in [1.29, 1.82) is 0 Å². The van der Waals surface area contributed by atoms with Crippen LogP contribution in [0.3, 0.4) is 0 Å². The zero-order valence-electron chi connectivity index (χ0n) is 17.4. The Morgan fingerprint density at radius 1 is 1.10 bits per heavy atom. The van der Waals surface area contributed by atoms with Gasteiger partial charge in [0, 0.05) is 29.7 Å². The van der Waals surface area contributed by atoms with E-state index in [4.69, 9.17) is 0 Å². The van der Waals surface area contributed by atoms with Crippen molar-refractivity contribution in [1.82, 2.24) is 10.2 Å². The van der Waals surface area contributed by atoms with E-state index in [0.717, 1.165) is 36.1 Å². The van der Waals surface area contributed by atoms with E-state index < -0.39 is 6.04 Å². The molecule has 0 radical (unpaired) electrons. The zero-order chi connectivity index (χ0) is 21.3. The van der Waals surface area contributed by atoms with E-state index in [1.54, 1.807) is 35.7 Å². The van der Waals surface area contributed by atoms with E-state index in [9.17, 15) is 14.0 Å². The average molecular weight is 429 g/mol. The molecule has 1 fully saturated rings. The normalized spacial score (nSPS) is 15.0. The Morgan fingerprint density at radius 2 is 1.77 bits per heavy atom. The SMILES string of the molecule is C[C@@H](C(=O)NC1CCCC1)N(Cc1ccc(F)cc1)C(=O)CCSc1ccccc1. The van der Waals surface area contributed by atoms with Crippen LogP contribution in [0.5, 0.6) is 0 Å². The summed E-state index contributed by atoms with van der Waals surface area (Å²) in [6.45, 7) is 2.06. The van der Waals surface area contributed by atoms with Crippen molar-refractivity contribution in [3.05, 3.63) is 66.0 Å². The minimum absolute atomic E-state index is 0.0724. The second-order valence-corrected chi connectivity index (χ2v) is 8.89. The van der Waals surface area contributed by atoms with Crippen LogP contribution in [0.25, 0.3) is 0 Å². The van der Waals surface area contributed by atoms with Crippen LogP contribution in [0.4, 0.5) is 4.39 Å². The van der Waals surface area contributed by atoms with Gasteiger partial charge in [-0.25, -0.2) is 4.39 Å². The first-order valence-corrected chi connectivity index (χ1v) is 11.5. The van der Waals surface area contributed by atoms with Crippen LogP contribution in [0, 0.1) is 5.82 Å². The molecule has 0 aliphatic heterocycles. The van der Waals surface area contributed by atoms with Gasteiger partial charge in [-0.2, -0.15) is 0 Å². The minimum atomic E-state index is -0.579. The molecule has 0 bridgehead atoms. The second kappa shape index (κ2) is 11.2. The van der Waals surface area contributed by atoms with E-state index in [-0.39, 0.29) is 30.2 Å². The van der Waals surface area contributed by atoms with Gasteiger partial charge in [0.15, 0.2) is 0 Å². The molecule has 1 atom stereocenters. The molecule has 1 aliphatic rings. The van der Waals surface area contributed by atoms with Gasteiger partial charge in [-0.05, 0) is 49.6 Å². The molecule has 4 nitrogen and oxygen atoms in total. The van der Waals surface area contributed by atoms with Crippen molar-refractivity contribution < 1.29 is 14.0 Å². The molecule has 0 aromatic heterocycles. The van der Waals surface area contributed by atoms with Crippen LogP contribution < -0.4 is 5.32 Å². The largest absolute Gasteiger partial charge is 0.352 e. The van der Waals surface area contributed by atoms with Crippen molar-refractivity contribution in [3.8, 4) is 0 Å². The summed E-state index contributed by atoms with van der Waals surface area (Å²) in [6, 6.07) is 15.7. The van der Waals surface area contributed by atoms with Gasteiger partial charge in [-0.3, -0.25) is 9.59 Å². The van der Waals surface area contributed by atoms with E-state index in [1.165, 1.54) is 12.1 Å². The Kier molecular flexibility index (Phi) is 8.31. The van der Waals surface area contributed by atoms with E-state index in [0.29, 0.717) is 12.2 Å². The number of halogens is 1. The van der Waals surface area contributed by atoms with Crippen LogP contribution in [0.1, 0.15) is 44.6 Å². The summed E-state index contributed by atoms with van der Waals surface area (Å²) in [7, 11) is 0. The molecule has 160 valence electrons. The Balaban J connectivity index is 1.64. The Morgan fingerprint density at radius 3 is 2.43 bits per heavy atom. The third-order valence-corrected chi connectivity index (χ3v) is 6.48. The third-order valence-electron chi connectivity index (χ3n) is 5.46. The molecule has 1 N–H and O–H groups in total. The highest BCUT2D eigenvalue weighted by Crippen LogP contribution is 2.21. The molecular formula is C24H29FN2O2S. The van der Waals surface area contributed by atoms with Gasteiger partial charge < -0.3 is 10.2 Å². The summed E-state index contributed by atoms with van der Waals surface area (Å²) in [5.41, 5.74) is 0.806. The van der Waals surface area contributed by atoms with Gasteiger partial charge >= 0.3 is 0 Å². The fourth-order valence-electron chi connectivity index (χ4n) is 3.68. The predicted octanol–water partition coefficient (Wildman–Crippen LogP) is 4.78. The van der Waals surface area contributed by atoms with Crippen LogP contribution in [0.15, 0.2) is 59.5 Å². The first-order chi connectivity index (χ1) is 14.5. The summed E-state index contributed by atoms with van der Waals surface area (Å²) >= 11 is 1.62. The molecule has 0 saturated heterocycles. The fourth-order valence-corrected chi connectivity index (χ4v) is 4.54. The standard InChI is InChI=1S/C24H29FN2O2S/c1-18(24(29)26-21-7-5-6-8-21)27(17-19-11-13-20(25)14-12-19)23(28)15-16-30-22-9-3-2-4-10-22/h2-4,9-14,18,21H,5-8,15-17H2,1H3,(H,26,29)/t18-/m0/s1. The molecule has 30 heavy (non-hydrogen) atoms. The highest BCUT2D eigenvalue weighted by molar-refractivity contribution is 7.99. The number of nitrogens with one attached hydrogen (secondary N) is 1. The summed E-state index contributed by atoms with van der Waals surface area (Å²) in [5, 5.41) is 3.09. The number of nitrogens with zero attached hydrogens (tertiary/aromatic N) is 1. The number of rotatable bonds is 9. The highest BCUT2D eigenvalue weighted by atomic mass is 32.2. The lowest BCUT2D eigenvalue weighted by Gasteiger charge is -2.30. The predicted molar refractivity (Wildman–Crippen MR) is 119 cm³/mol. The maximum Gasteiger partial charge on any atom is 0.242 e. The first-order valence-electron chi connectivity index (χ1n) is 10.5. The highest BCUT2D eigenvalue weighted by Gasteiger charge is 2.28. The monoisotopic (exact) mass is 428 g/mol. The number of thioether (sulfide) groups is 1. The minimum Gasteiger partial charge on any atom is -0.352 e. The fraction of sp³-hybridized carbons (Fsp3) is 0.417. The zero-order valence-corrected chi connectivity index (χ0v) is 18.2. The van der Waals surface area contributed by atoms with Gasteiger partial charge in [0.2, 0.25) is 11.8 Å². The molecule has 6 heteroatoms. The Hall–Kier alpha value is -2.34. The van der Waals surface area contributed by atoms with E-state index in [1.807, 2.05) is 30.3 Å². The first kappa shape index (κ1) is 22.3. The molecular weight excluding hydrogens is 399 g/mol. The summed E-state index contributed by atoms with van der Waals surface area (Å²) in [5.74, 6) is 0.132. The molecule has 0 heterocycles. The summed E-state index contributed by atoms with van der Waals surface area (Å²) < 4.78 is 13.3. The van der Waals surface area contributed by atoms with Crippen molar-refractivity contribution >= 4 is 23.6 Å². The molecule has 1 aliphatic carbocycles.